The molecule has 1 heterocycles. The van der Waals surface area contributed by atoms with Gasteiger partial charge in [0.15, 0.2) is 0 Å². The van der Waals surface area contributed by atoms with Gasteiger partial charge in [0.1, 0.15) is 11.2 Å². The lowest BCUT2D eigenvalue weighted by atomic mass is 10.1. The molecule has 0 saturated heterocycles. The summed E-state index contributed by atoms with van der Waals surface area (Å²) in [5, 5.41) is 1.20. The van der Waals surface area contributed by atoms with Crippen molar-refractivity contribution in [3.05, 3.63) is 22.0 Å². The highest BCUT2D eigenvalue weighted by Gasteiger charge is 2.10. The number of hydrogen-bond acceptors (Lipinski definition) is 2. The predicted octanol–water partition coefficient (Wildman–Crippen LogP) is 0.442. The second kappa shape index (κ2) is 3.04. The molecular weight excluding hydrogens is 162 g/mol. The molecule has 1 aliphatic rings. The maximum absolute atomic E-state index is 5.84. The Kier molecular flexibility index (Phi) is 2.00. The fourth-order valence-electron chi connectivity index (χ4n) is 1.82. The van der Waals surface area contributed by atoms with Crippen molar-refractivity contribution in [3.8, 4) is 0 Å². The number of hydrogen-bond donors (Lipinski definition) is 1. The van der Waals surface area contributed by atoms with Crippen LogP contribution in [0, 0.1) is 6.92 Å². The Morgan fingerprint density at radius 3 is 3.08 bits per heavy atom. The molecule has 0 saturated carbocycles. The van der Waals surface area contributed by atoms with E-state index >= 15 is 0 Å². The molecule has 0 aromatic carbocycles. The molecule has 0 fully saturated rings. The number of furan rings is 1. The van der Waals surface area contributed by atoms with Crippen molar-refractivity contribution in [2.75, 3.05) is 0 Å². The van der Waals surface area contributed by atoms with Crippen LogP contribution in [0.3, 0.4) is 0 Å². The molecule has 0 aliphatic heterocycles. The van der Waals surface area contributed by atoms with Crippen molar-refractivity contribution < 1.29 is 4.42 Å². The predicted molar refractivity (Wildman–Crippen MR) is 53.6 cm³/mol. The average Bonchev–Trinajstić information content (AvgIpc) is 2.44. The third-order valence-electron chi connectivity index (χ3n) is 2.60. The minimum atomic E-state index is 0.161. The van der Waals surface area contributed by atoms with E-state index in [0.717, 1.165) is 24.0 Å². The SMILES string of the molecule is CCc1oc2c(c1C)=CC(N)CC=2. The van der Waals surface area contributed by atoms with E-state index in [2.05, 4.69) is 26.0 Å². The van der Waals surface area contributed by atoms with Crippen LogP contribution in [-0.4, -0.2) is 6.04 Å². The highest BCUT2D eigenvalue weighted by Crippen LogP contribution is 2.04. The van der Waals surface area contributed by atoms with Gasteiger partial charge in [-0.2, -0.15) is 0 Å². The van der Waals surface area contributed by atoms with Gasteiger partial charge in [0, 0.05) is 17.7 Å². The molecule has 2 nitrogen and oxygen atoms in total. The van der Waals surface area contributed by atoms with Crippen molar-refractivity contribution in [2.45, 2.75) is 32.7 Å². The molecule has 1 atom stereocenters. The van der Waals surface area contributed by atoms with E-state index < -0.39 is 0 Å². The Morgan fingerprint density at radius 2 is 2.38 bits per heavy atom. The third kappa shape index (κ3) is 1.31. The average molecular weight is 177 g/mol. The molecule has 0 amide bonds. The maximum Gasteiger partial charge on any atom is 0.130 e. The Morgan fingerprint density at radius 1 is 1.62 bits per heavy atom. The van der Waals surface area contributed by atoms with Gasteiger partial charge in [-0.25, -0.2) is 0 Å². The fourth-order valence-corrected chi connectivity index (χ4v) is 1.82. The topological polar surface area (TPSA) is 39.2 Å². The second-order valence-electron chi connectivity index (χ2n) is 3.55. The molecule has 1 unspecified atom stereocenters. The zero-order chi connectivity index (χ0) is 9.42. The van der Waals surface area contributed by atoms with Crippen molar-refractivity contribution in [3.63, 3.8) is 0 Å². The highest BCUT2D eigenvalue weighted by molar-refractivity contribution is 5.43. The first-order valence-corrected chi connectivity index (χ1v) is 4.78. The fraction of sp³-hybridized carbons (Fsp3) is 0.455. The summed E-state index contributed by atoms with van der Waals surface area (Å²) in [4.78, 5) is 0. The molecule has 2 rings (SSSR count). The van der Waals surface area contributed by atoms with Crippen LogP contribution in [0.1, 0.15) is 24.7 Å². The maximum atomic E-state index is 5.84. The normalized spacial score (nSPS) is 20.4. The van der Waals surface area contributed by atoms with Gasteiger partial charge in [-0.05, 0) is 25.0 Å². The second-order valence-corrected chi connectivity index (χ2v) is 3.55. The molecular formula is C11H15NO. The molecule has 1 aromatic rings. The molecule has 70 valence electrons. The number of rotatable bonds is 1. The number of nitrogens with two attached hydrogens (primary N) is 1. The summed E-state index contributed by atoms with van der Waals surface area (Å²) in [6, 6.07) is 0.161. The zero-order valence-corrected chi connectivity index (χ0v) is 8.13. The summed E-state index contributed by atoms with van der Waals surface area (Å²) in [7, 11) is 0. The summed E-state index contributed by atoms with van der Waals surface area (Å²) < 4.78 is 5.69. The Bertz CT molecular complexity index is 428. The van der Waals surface area contributed by atoms with Gasteiger partial charge in [-0.3, -0.25) is 0 Å². The number of fused-ring (bicyclic) bond motifs is 1. The lowest BCUT2D eigenvalue weighted by molar-refractivity contribution is 0.481. The van der Waals surface area contributed by atoms with E-state index in [9.17, 15) is 0 Å². The van der Waals surface area contributed by atoms with Crippen LogP contribution in [0.25, 0.3) is 12.2 Å². The first-order chi connectivity index (χ1) is 6.22. The lowest BCUT2D eigenvalue weighted by Crippen LogP contribution is -2.32. The minimum absolute atomic E-state index is 0.161. The Labute approximate surface area is 77.7 Å². The van der Waals surface area contributed by atoms with Crippen LogP contribution in [0.4, 0.5) is 0 Å². The van der Waals surface area contributed by atoms with Crippen molar-refractivity contribution in [1.29, 1.82) is 0 Å². The quantitative estimate of drug-likeness (QED) is 0.676. The lowest BCUT2D eigenvalue weighted by Gasteiger charge is -2.03. The van der Waals surface area contributed by atoms with Crippen LogP contribution >= 0.6 is 0 Å². The number of aryl methyl sites for hydroxylation is 1. The van der Waals surface area contributed by atoms with E-state index in [0.29, 0.717) is 0 Å². The molecule has 2 heteroatoms. The first kappa shape index (κ1) is 8.57. The van der Waals surface area contributed by atoms with E-state index in [-0.39, 0.29) is 6.04 Å². The molecule has 0 spiro atoms. The summed E-state index contributed by atoms with van der Waals surface area (Å²) in [6.07, 6.45) is 6.04. The highest BCUT2D eigenvalue weighted by atomic mass is 16.3. The van der Waals surface area contributed by atoms with Crippen molar-refractivity contribution >= 4 is 12.2 Å². The van der Waals surface area contributed by atoms with E-state index in [1.807, 2.05) is 0 Å². The Hall–Kier alpha value is -1.02. The van der Waals surface area contributed by atoms with Gasteiger partial charge in [-0.1, -0.05) is 13.0 Å². The molecule has 0 bridgehead atoms. The van der Waals surface area contributed by atoms with Crippen LogP contribution in [0.2, 0.25) is 0 Å². The smallest absolute Gasteiger partial charge is 0.130 e. The van der Waals surface area contributed by atoms with E-state index in [1.165, 1.54) is 10.8 Å². The van der Waals surface area contributed by atoms with Crippen LogP contribution < -0.4 is 16.4 Å². The summed E-state index contributed by atoms with van der Waals surface area (Å²) in [6.45, 7) is 4.21. The van der Waals surface area contributed by atoms with Gasteiger partial charge >= 0.3 is 0 Å². The minimum Gasteiger partial charge on any atom is -0.461 e. The van der Waals surface area contributed by atoms with Crippen LogP contribution in [0.5, 0.6) is 0 Å². The Balaban J connectivity index is 2.71. The molecule has 0 radical (unpaired) electrons. The van der Waals surface area contributed by atoms with Gasteiger partial charge in [0.25, 0.3) is 0 Å². The summed E-state index contributed by atoms with van der Waals surface area (Å²) in [5.74, 6) is 1.09. The zero-order valence-electron chi connectivity index (χ0n) is 8.13. The van der Waals surface area contributed by atoms with Crippen LogP contribution in [-0.2, 0) is 6.42 Å². The van der Waals surface area contributed by atoms with Gasteiger partial charge in [0.05, 0.1) is 0 Å². The molecule has 1 aliphatic carbocycles. The monoisotopic (exact) mass is 177 g/mol. The molecule has 13 heavy (non-hydrogen) atoms. The summed E-state index contributed by atoms with van der Waals surface area (Å²) in [5.41, 5.74) is 8.10. The first-order valence-electron chi connectivity index (χ1n) is 4.78. The van der Waals surface area contributed by atoms with Crippen molar-refractivity contribution in [1.82, 2.24) is 0 Å². The summed E-state index contributed by atoms with van der Waals surface area (Å²) >= 11 is 0. The molecule has 1 aromatic heterocycles. The van der Waals surface area contributed by atoms with E-state index in [1.54, 1.807) is 0 Å². The van der Waals surface area contributed by atoms with Gasteiger partial charge in [0.2, 0.25) is 0 Å². The van der Waals surface area contributed by atoms with E-state index in [4.69, 9.17) is 10.2 Å². The van der Waals surface area contributed by atoms with Gasteiger partial charge < -0.3 is 10.2 Å². The van der Waals surface area contributed by atoms with Crippen LogP contribution in [0.15, 0.2) is 4.42 Å². The third-order valence-corrected chi connectivity index (χ3v) is 2.60. The molecule has 2 N–H and O–H groups in total. The van der Waals surface area contributed by atoms with Crippen molar-refractivity contribution in [2.24, 2.45) is 5.73 Å². The standard InChI is InChI=1S/C11H15NO/c1-3-10-7(2)9-6-8(12)4-5-11(9)13-10/h5-6,8H,3-4,12H2,1-2H3. The largest absolute Gasteiger partial charge is 0.461 e. The van der Waals surface area contributed by atoms with Gasteiger partial charge in [-0.15, -0.1) is 0 Å².